The Kier molecular flexibility index (Phi) is 3.32. The molecule has 0 saturated heterocycles. The molecule has 1 N–H and O–H groups in total. The Morgan fingerprint density at radius 2 is 2.69 bits per heavy atom. The van der Waals surface area contributed by atoms with E-state index in [2.05, 4.69) is 5.32 Å². The second-order valence-corrected chi connectivity index (χ2v) is 2.69. The van der Waals surface area contributed by atoms with Crippen molar-refractivity contribution in [1.82, 2.24) is 5.32 Å². The monoisotopic (exact) mass is 180 g/mol. The molecule has 4 heteroatoms. The van der Waals surface area contributed by atoms with E-state index in [9.17, 15) is 4.79 Å². The number of nitrogens with one attached hydrogen (secondary N) is 1. The highest BCUT2D eigenvalue weighted by Gasteiger charge is 2.25. The smallest absolute Gasteiger partial charge is 0.329 e. The Balaban J connectivity index is 2.62. The maximum absolute atomic E-state index is 11.2. The number of hydrogen-bond donors (Lipinski definition) is 1. The lowest BCUT2D eigenvalue weighted by Crippen LogP contribution is -2.24. The number of ether oxygens (including phenoxy) is 1. The van der Waals surface area contributed by atoms with Crippen LogP contribution in [0.1, 0.15) is 13.3 Å². The van der Waals surface area contributed by atoms with Crippen molar-refractivity contribution in [3.63, 3.8) is 0 Å². The van der Waals surface area contributed by atoms with Crippen LogP contribution in [0.3, 0.4) is 0 Å². The summed E-state index contributed by atoms with van der Waals surface area (Å²) in [4.78, 5) is 11.2. The van der Waals surface area contributed by atoms with Crippen LogP contribution in [0.25, 0.3) is 0 Å². The summed E-state index contributed by atoms with van der Waals surface area (Å²) in [5.74, 6) is -1.24. The lowest BCUT2D eigenvalue weighted by atomic mass is 10.1. The molecule has 0 aromatic rings. The standard InChI is InChI=1S/C9H12N2O2/c1-2-13-9(12)7(6-10)8-4-3-5-11-8/h4,7,11H,2-3,5H2,1H3/t7-/m0/s1. The number of esters is 1. The van der Waals surface area contributed by atoms with Gasteiger partial charge in [0.15, 0.2) is 5.92 Å². The summed E-state index contributed by atoms with van der Waals surface area (Å²) >= 11 is 0. The maximum atomic E-state index is 11.2. The molecule has 0 unspecified atom stereocenters. The van der Waals surface area contributed by atoms with E-state index in [1.54, 1.807) is 6.92 Å². The molecule has 1 heterocycles. The van der Waals surface area contributed by atoms with E-state index < -0.39 is 11.9 Å². The van der Waals surface area contributed by atoms with E-state index >= 15 is 0 Å². The molecule has 70 valence electrons. The molecule has 0 saturated carbocycles. The van der Waals surface area contributed by atoms with E-state index in [1.165, 1.54) is 0 Å². The second kappa shape index (κ2) is 4.51. The Morgan fingerprint density at radius 3 is 3.15 bits per heavy atom. The van der Waals surface area contributed by atoms with Crippen LogP contribution in [-0.2, 0) is 9.53 Å². The molecule has 4 nitrogen and oxygen atoms in total. The van der Waals surface area contributed by atoms with Crippen LogP contribution in [0.5, 0.6) is 0 Å². The molecule has 1 atom stereocenters. The van der Waals surface area contributed by atoms with E-state index in [0.717, 1.165) is 13.0 Å². The molecule has 0 bridgehead atoms. The number of hydrogen-bond acceptors (Lipinski definition) is 4. The molecule has 1 aliphatic rings. The molecular formula is C9H12N2O2. The minimum Gasteiger partial charge on any atom is -0.465 e. The van der Waals surface area contributed by atoms with Gasteiger partial charge in [0.25, 0.3) is 0 Å². The van der Waals surface area contributed by atoms with Gasteiger partial charge in [-0.15, -0.1) is 0 Å². The zero-order chi connectivity index (χ0) is 9.68. The van der Waals surface area contributed by atoms with Gasteiger partial charge in [-0.2, -0.15) is 5.26 Å². The van der Waals surface area contributed by atoms with Crippen molar-refractivity contribution in [3.8, 4) is 6.07 Å². The molecule has 0 aliphatic carbocycles. The largest absolute Gasteiger partial charge is 0.465 e. The fourth-order valence-electron chi connectivity index (χ4n) is 1.21. The van der Waals surface area contributed by atoms with Crippen molar-refractivity contribution in [2.45, 2.75) is 13.3 Å². The van der Waals surface area contributed by atoms with Crippen molar-refractivity contribution in [1.29, 1.82) is 5.26 Å². The van der Waals surface area contributed by atoms with Gasteiger partial charge in [0.05, 0.1) is 12.7 Å². The van der Waals surface area contributed by atoms with Crippen LogP contribution in [0, 0.1) is 17.2 Å². The van der Waals surface area contributed by atoms with Gasteiger partial charge in [-0.25, -0.2) is 0 Å². The SMILES string of the molecule is CCOC(=O)[C@@H](C#N)C1=CCCN1. The first kappa shape index (κ1) is 9.59. The average Bonchev–Trinajstić information content (AvgIpc) is 2.59. The van der Waals surface area contributed by atoms with Crippen LogP contribution in [0.4, 0.5) is 0 Å². The Morgan fingerprint density at radius 1 is 1.92 bits per heavy atom. The summed E-state index contributed by atoms with van der Waals surface area (Å²) in [6, 6.07) is 1.92. The molecule has 0 aromatic heterocycles. The molecule has 13 heavy (non-hydrogen) atoms. The van der Waals surface area contributed by atoms with Crippen molar-refractivity contribution < 1.29 is 9.53 Å². The van der Waals surface area contributed by atoms with Gasteiger partial charge in [0, 0.05) is 12.2 Å². The summed E-state index contributed by atoms with van der Waals surface area (Å²) in [6.07, 6.45) is 2.73. The Labute approximate surface area is 77.2 Å². The van der Waals surface area contributed by atoms with Gasteiger partial charge in [0.1, 0.15) is 0 Å². The molecule has 0 amide bonds. The van der Waals surface area contributed by atoms with Crippen LogP contribution >= 0.6 is 0 Å². The first-order valence-electron chi connectivity index (χ1n) is 4.29. The fourth-order valence-corrected chi connectivity index (χ4v) is 1.21. The number of carbonyl (C=O) groups excluding carboxylic acids is 1. The third-order valence-electron chi connectivity index (χ3n) is 1.80. The third-order valence-corrected chi connectivity index (χ3v) is 1.80. The van der Waals surface area contributed by atoms with Gasteiger partial charge >= 0.3 is 5.97 Å². The normalized spacial score (nSPS) is 16.8. The highest BCUT2D eigenvalue weighted by Crippen LogP contribution is 2.14. The number of rotatable bonds is 3. The third kappa shape index (κ3) is 2.22. The van der Waals surface area contributed by atoms with Crippen LogP contribution < -0.4 is 5.32 Å². The van der Waals surface area contributed by atoms with E-state index in [1.807, 2.05) is 12.1 Å². The highest BCUT2D eigenvalue weighted by atomic mass is 16.5. The quantitative estimate of drug-likeness (QED) is 0.645. The summed E-state index contributed by atoms with van der Waals surface area (Å²) in [7, 11) is 0. The average molecular weight is 180 g/mol. The number of nitriles is 1. The molecule has 1 aliphatic heterocycles. The molecular weight excluding hydrogens is 168 g/mol. The van der Waals surface area contributed by atoms with Gasteiger partial charge in [-0.1, -0.05) is 6.08 Å². The zero-order valence-corrected chi connectivity index (χ0v) is 7.54. The van der Waals surface area contributed by atoms with Gasteiger partial charge in [0.2, 0.25) is 0 Å². The molecule has 0 spiro atoms. The Bertz CT molecular complexity index is 265. The van der Waals surface area contributed by atoms with Crippen molar-refractivity contribution in [2.75, 3.05) is 13.2 Å². The predicted molar refractivity (Wildman–Crippen MR) is 46.4 cm³/mol. The number of carbonyl (C=O) groups is 1. The first-order valence-corrected chi connectivity index (χ1v) is 4.29. The van der Waals surface area contributed by atoms with Crippen LogP contribution in [-0.4, -0.2) is 19.1 Å². The Hall–Kier alpha value is -1.50. The summed E-state index contributed by atoms with van der Waals surface area (Å²) in [5.41, 5.74) is 0.681. The van der Waals surface area contributed by atoms with Gasteiger partial charge < -0.3 is 10.1 Å². The van der Waals surface area contributed by atoms with Gasteiger partial charge in [-0.05, 0) is 13.3 Å². The number of nitrogens with zero attached hydrogens (tertiary/aromatic N) is 1. The molecule has 1 rings (SSSR count). The summed E-state index contributed by atoms with van der Waals surface area (Å²) in [5, 5.41) is 11.7. The minimum atomic E-state index is -0.776. The first-order chi connectivity index (χ1) is 6.29. The maximum Gasteiger partial charge on any atom is 0.329 e. The summed E-state index contributed by atoms with van der Waals surface area (Å²) in [6.45, 7) is 2.83. The summed E-state index contributed by atoms with van der Waals surface area (Å²) < 4.78 is 4.77. The highest BCUT2D eigenvalue weighted by molar-refractivity contribution is 5.78. The van der Waals surface area contributed by atoms with Crippen molar-refractivity contribution in [2.24, 2.45) is 5.92 Å². The molecule has 0 aromatic carbocycles. The predicted octanol–water partition coefficient (Wildman–Crippen LogP) is 0.566. The van der Waals surface area contributed by atoms with Crippen molar-refractivity contribution >= 4 is 5.97 Å². The van der Waals surface area contributed by atoms with E-state index in [0.29, 0.717) is 12.3 Å². The molecule has 0 fully saturated rings. The minimum absolute atomic E-state index is 0.310. The fraction of sp³-hybridized carbons (Fsp3) is 0.556. The molecule has 0 radical (unpaired) electrons. The lowest BCUT2D eigenvalue weighted by molar-refractivity contribution is -0.144. The zero-order valence-electron chi connectivity index (χ0n) is 7.54. The lowest BCUT2D eigenvalue weighted by Gasteiger charge is -2.09. The van der Waals surface area contributed by atoms with Crippen LogP contribution in [0.2, 0.25) is 0 Å². The van der Waals surface area contributed by atoms with E-state index in [-0.39, 0.29) is 0 Å². The topological polar surface area (TPSA) is 62.1 Å². The van der Waals surface area contributed by atoms with E-state index in [4.69, 9.17) is 10.00 Å². The van der Waals surface area contributed by atoms with Crippen molar-refractivity contribution in [3.05, 3.63) is 11.8 Å². The second-order valence-electron chi connectivity index (χ2n) is 2.69. The van der Waals surface area contributed by atoms with Gasteiger partial charge in [-0.3, -0.25) is 4.79 Å². The van der Waals surface area contributed by atoms with Crippen LogP contribution in [0.15, 0.2) is 11.8 Å².